The Morgan fingerprint density at radius 1 is 1.13 bits per heavy atom. The van der Waals surface area contributed by atoms with Gasteiger partial charge >= 0.3 is 0 Å². The van der Waals surface area contributed by atoms with E-state index in [1.807, 2.05) is 0 Å². The zero-order valence-corrected chi connectivity index (χ0v) is 17.6. The van der Waals surface area contributed by atoms with Gasteiger partial charge in [-0.3, -0.25) is 4.79 Å². The molecule has 166 valence electrons. The molecule has 0 aromatic carbocycles. The number of alkyl halides is 2. The molecule has 0 radical (unpaired) electrons. The molecule has 0 amide bonds. The summed E-state index contributed by atoms with van der Waals surface area (Å²) in [5.41, 5.74) is -1.76. The maximum absolute atomic E-state index is 13.4. The van der Waals surface area contributed by atoms with Gasteiger partial charge in [0, 0.05) is 5.92 Å². The second-order valence-electron chi connectivity index (χ2n) is 10.7. The van der Waals surface area contributed by atoms with Crippen LogP contribution >= 0.6 is 0 Å². The lowest BCUT2D eigenvalue weighted by atomic mass is 9.49. The highest BCUT2D eigenvalue weighted by Crippen LogP contribution is 2.64. The van der Waals surface area contributed by atoms with Crippen LogP contribution in [-0.2, 0) is 11.3 Å². The van der Waals surface area contributed by atoms with Crippen LogP contribution in [0.15, 0.2) is 6.33 Å². The van der Waals surface area contributed by atoms with Gasteiger partial charge in [0.05, 0.1) is 0 Å². The SMILES string of the molecule is C[C@]12CC[C@H]3[C@@H](CC[C@H]4C[C@](O)(C(F)F)CC[C@@H]43)[C@@H]1CC[C@@H]2C(=O)Cn1ncnn1. The molecular weight excluding hydrogens is 390 g/mol. The van der Waals surface area contributed by atoms with Crippen molar-refractivity contribution in [2.45, 2.75) is 83.3 Å². The Bertz CT molecular complexity index is 790. The maximum Gasteiger partial charge on any atom is 0.266 e. The van der Waals surface area contributed by atoms with Crippen molar-refractivity contribution in [1.82, 2.24) is 20.2 Å². The van der Waals surface area contributed by atoms with E-state index in [2.05, 4.69) is 22.3 Å². The Morgan fingerprint density at radius 2 is 1.93 bits per heavy atom. The number of ketones is 1. The van der Waals surface area contributed by atoms with Crippen molar-refractivity contribution < 1.29 is 18.7 Å². The van der Waals surface area contributed by atoms with Gasteiger partial charge in [-0.2, -0.15) is 4.80 Å². The highest BCUT2D eigenvalue weighted by Gasteiger charge is 2.59. The number of carbonyl (C=O) groups is 1. The Balaban J connectivity index is 1.30. The molecular formula is C22H32F2N4O2. The predicted molar refractivity (Wildman–Crippen MR) is 104 cm³/mol. The summed E-state index contributed by atoms with van der Waals surface area (Å²) >= 11 is 0. The standard InChI is InChI=1S/C22H32F2N4O2/c1-21-8-6-15-14-7-9-22(30,20(23)24)10-13(14)2-3-16(15)17(21)4-5-18(21)19(29)11-28-26-12-25-27-28/h12-18,20,30H,2-11H2,1H3/t13-,14-,15+,16+,17-,18+,21-,22-/m0/s1. The van der Waals surface area contributed by atoms with Crippen LogP contribution in [0.5, 0.6) is 0 Å². The van der Waals surface area contributed by atoms with Gasteiger partial charge in [-0.05, 0) is 98.0 Å². The van der Waals surface area contributed by atoms with Crippen molar-refractivity contribution in [2.24, 2.45) is 40.9 Å². The molecule has 0 saturated heterocycles. The predicted octanol–water partition coefficient (Wildman–Crippen LogP) is 3.51. The number of halogens is 2. The van der Waals surface area contributed by atoms with Gasteiger partial charge in [-0.15, -0.1) is 10.2 Å². The maximum atomic E-state index is 13.4. The molecule has 1 heterocycles. The van der Waals surface area contributed by atoms with Crippen molar-refractivity contribution in [1.29, 1.82) is 0 Å². The number of carbonyl (C=O) groups excluding carboxylic acids is 1. The van der Waals surface area contributed by atoms with Crippen LogP contribution < -0.4 is 0 Å². The Morgan fingerprint density at radius 3 is 2.67 bits per heavy atom. The fraction of sp³-hybridized carbons (Fsp3) is 0.909. The number of hydrogen-bond acceptors (Lipinski definition) is 5. The van der Waals surface area contributed by atoms with Crippen LogP contribution in [0.4, 0.5) is 8.78 Å². The first-order valence-electron chi connectivity index (χ1n) is 11.6. The molecule has 1 N–H and O–H groups in total. The van der Waals surface area contributed by atoms with Crippen LogP contribution in [0, 0.1) is 40.9 Å². The number of aromatic nitrogens is 4. The quantitative estimate of drug-likeness (QED) is 0.803. The number of fused-ring (bicyclic) bond motifs is 5. The first-order chi connectivity index (χ1) is 14.3. The zero-order chi connectivity index (χ0) is 21.1. The molecule has 0 spiro atoms. The van der Waals surface area contributed by atoms with Gasteiger partial charge in [0.1, 0.15) is 12.1 Å². The molecule has 5 rings (SSSR count). The van der Waals surface area contributed by atoms with Crippen LogP contribution in [0.1, 0.15) is 64.7 Å². The van der Waals surface area contributed by atoms with Crippen molar-refractivity contribution in [2.75, 3.05) is 0 Å². The molecule has 4 fully saturated rings. The Kier molecular flexibility index (Phi) is 4.99. The summed E-state index contributed by atoms with van der Waals surface area (Å²) in [7, 11) is 0. The lowest BCUT2D eigenvalue weighted by Gasteiger charge is -2.57. The molecule has 8 heteroatoms. The lowest BCUT2D eigenvalue weighted by molar-refractivity contribution is -0.160. The van der Waals surface area contributed by atoms with E-state index < -0.39 is 12.0 Å². The van der Waals surface area contributed by atoms with Gasteiger partial charge in [0.25, 0.3) is 6.43 Å². The molecule has 4 saturated carbocycles. The van der Waals surface area contributed by atoms with Crippen molar-refractivity contribution >= 4 is 5.78 Å². The molecule has 4 aliphatic rings. The van der Waals surface area contributed by atoms with Crippen LogP contribution in [-0.4, -0.2) is 43.1 Å². The summed E-state index contributed by atoms with van der Waals surface area (Å²) in [5, 5.41) is 21.9. The summed E-state index contributed by atoms with van der Waals surface area (Å²) in [6.07, 6.45) is 6.02. The first-order valence-corrected chi connectivity index (χ1v) is 11.6. The second kappa shape index (κ2) is 7.31. The molecule has 8 atom stereocenters. The van der Waals surface area contributed by atoms with Gasteiger partial charge < -0.3 is 5.11 Å². The largest absolute Gasteiger partial charge is 0.384 e. The van der Waals surface area contributed by atoms with E-state index >= 15 is 0 Å². The normalized spacial score (nSPS) is 45.6. The zero-order valence-electron chi connectivity index (χ0n) is 17.6. The molecule has 30 heavy (non-hydrogen) atoms. The third kappa shape index (κ3) is 3.12. The van der Waals surface area contributed by atoms with E-state index in [9.17, 15) is 18.7 Å². The average molecular weight is 423 g/mol. The molecule has 0 aliphatic heterocycles. The number of Topliss-reactive ketones (excluding diaryl/α,β-unsaturated/α-hetero) is 1. The summed E-state index contributed by atoms with van der Waals surface area (Å²) < 4.78 is 26.8. The summed E-state index contributed by atoms with van der Waals surface area (Å²) in [6.45, 7) is 2.50. The minimum absolute atomic E-state index is 0.0179. The topological polar surface area (TPSA) is 80.9 Å². The van der Waals surface area contributed by atoms with E-state index in [1.165, 1.54) is 11.1 Å². The fourth-order valence-corrected chi connectivity index (χ4v) is 8.15. The molecule has 0 bridgehead atoms. The molecule has 4 aliphatic carbocycles. The molecule has 1 aromatic rings. The fourth-order valence-electron chi connectivity index (χ4n) is 8.15. The minimum atomic E-state index is -2.65. The van der Waals surface area contributed by atoms with E-state index in [4.69, 9.17) is 0 Å². The second-order valence-corrected chi connectivity index (χ2v) is 10.7. The minimum Gasteiger partial charge on any atom is -0.384 e. The number of rotatable bonds is 4. The van der Waals surface area contributed by atoms with E-state index in [1.54, 1.807) is 0 Å². The molecule has 1 aromatic heterocycles. The Labute approximate surface area is 175 Å². The Hall–Kier alpha value is -1.44. The summed E-state index contributed by atoms with van der Waals surface area (Å²) in [6, 6.07) is 0. The average Bonchev–Trinajstić information content (AvgIpc) is 3.34. The number of tetrazole rings is 1. The van der Waals surface area contributed by atoms with Gasteiger partial charge in [0.2, 0.25) is 0 Å². The van der Waals surface area contributed by atoms with Gasteiger partial charge in [-0.1, -0.05) is 6.92 Å². The smallest absolute Gasteiger partial charge is 0.266 e. The van der Waals surface area contributed by atoms with Gasteiger partial charge in [0.15, 0.2) is 12.1 Å². The molecule has 6 nitrogen and oxygen atoms in total. The summed E-state index contributed by atoms with van der Waals surface area (Å²) in [5.74, 6) is 2.62. The van der Waals surface area contributed by atoms with Gasteiger partial charge in [-0.25, -0.2) is 8.78 Å². The number of nitrogens with zero attached hydrogens (tertiary/aromatic N) is 4. The number of hydrogen-bond donors (Lipinski definition) is 1. The van der Waals surface area contributed by atoms with E-state index in [0.29, 0.717) is 23.7 Å². The van der Waals surface area contributed by atoms with Crippen molar-refractivity contribution in [3.05, 3.63) is 6.33 Å². The van der Waals surface area contributed by atoms with Crippen LogP contribution in [0.25, 0.3) is 0 Å². The third-order valence-electron chi connectivity index (χ3n) is 9.53. The highest BCUT2D eigenvalue weighted by molar-refractivity contribution is 5.81. The third-order valence-corrected chi connectivity index (χ3v) is 9.53. The van der Waals surface area contributed by atoms with Crippen molar-refractivity contribution in [3.63, 3.8) is 0 Å². The van der Waals surface area contributed by atoms with Crippen LogP contribution in [0.3, 0.4) is 0 Å². The summed E-state index contributed by atoms with van der Waals surface area (Å²) in [4.78, 5) is 14.4. The van der Waals surface area contributed by atoms with Crippen LogP contribution in [0.2, 0.25) is 0 Å². The monoisotopic (exact) mass is 422 g/mol. The first kappa shape index (κ1) is 20.5. The molecule has 0 unspecified atom stereocenters. The number of aliphatic hydroxyl groups is 1. The highest BCUT2D eigenvalue weighted by atomic mass is 19.3. The lowest BCUT2D eigenvalue weighted by Crippen LogP contribution is -2.53. The van der Waals surface area contributed by atoms with E-state index in [-0.39, 0.29) is 42.4 Å². The van der Waals surface area contributed by atoms with E-state index in [0.717, 1.165) is 44.9 Å². The van der Waals surface area contributed by atoms with Crippen molar-refractivity contribution in [3.8, 4) is 0 Å².